The van der Waals surface area contributed by atoms with Crippen LogP contribution in [0.4, 0.5) is 11.4 Å². The average molecular weight is 539 g/mol. The zero-order valence-electron chi connectivity index (χ0n) is 23.2. The molecule has 39 heavy (non-hydrogen) atoms. The third-order valence-corrected chi connectivity index (χ3v) is 7.30. The maximum atomic E-state index is 11.6. The summed E-state index contributed by atoms with van der Waals surface area (Å²) >= 11 is 0. The highest BCUT2D eigenvalue weighted by Gasteiger charge is 2.23. The van der Waals surface area contributed by atoms with Gasteiger partial charge in [0.15, 0.2) is 0 Å². The number of benzene rings is 2. The molecule has 4 rings (SSSR count). The van der Waals surface area contributed by atoms with E-state index in [1.54, 1.807) is 50.2 Å². The van der Waals surface area contributed by atoms with Gasteiger partial charge >= 0.3 is 11.9 Å². The lowest BCUT2D eigenvalue weighted by Crippen LogP contribution is -2.42. The Bertz CT molecular complexity index is 1030. The van der Waals surface area contributed by atoms with Crippen molar-refractivity contribution in [3.05, 3.63) is 64.6 Å². The molecule has 0 saturated heterocycles. The Balaban J connectivity index is 0.000000216. The van der Waals surface area contributed by atoms with Gasteiger partial charge in [-0.3, -0.25) is 0 Å². The lowest BCUT2D eigenvalue weighted by Gasteiger charge is -2.32. The van der Waals surface area contributed by atoms with Gasteiger partial charge in [-0.2, -0.15) is 0 Å². The van der Waals surface area contributed by atoms with Crippen molar-refractivity contribution in [1.29, 1.82) is 0 Å². The molecule has 0 atom stereocenters. The number of nitrogens with two attached hydrogens (primary N) is 1. The molecule has 2 aromatic carbocycles. The molecule has 0 unspecified atom stereocenters. The number of hydrazine groups is 1. The molecule has 0 aliphatic heterocycles. The number of nitrogens with zero attached hydrogens (tertiary/aromatic N) is 3. The summed E-state index contributed by atoms with van der Waals surface area (Å²) in [4.78, 5) is 34.2. The van der Waals surface area contributed by atoms with Crippen LogP contribution >= 0.6 is 0 Å². The molecular formula is C30H42N4O5. The molecule has 0 aromatic heterocycles. The van der Waals surface area contributed by atoms with Crippen LogP contribution in [-0.4, -0.2) is 37.2 Å². The molecule has 0 amide bonds. The first-order valence-corrected chi connectivity index (χ1v) is 14.2. The minimum absolute atomic E-state index is 0.176. The fourth-order valence-electron chi connectivity index (χ4n) is 5.17. The van der Waals surface area contributed by atoms with Gasteiger partial charge in [0.05, 0.1) is 47.0 Å². The van der Waals surface area contributed by atoms with Gasteiger partial charge in [0.25, 0.3) is 0 Å². The van der Waals surface area contributed by atoms with Crippen LogP contribution < -0.4 is 15.9 Å². The Kier molecular flexibility index (Phi) is 12.2. The van der Waals surface area contributed by atoms with E-state index in [1.807, 2.05) is 17.1 Å². The second-order valence-electron chi connectivity index (χ2n) is 9.95. The van der Waals surface area contributed by atoms with Gasteiger partial charge < -0.3 is 14.5 Å². The molecule has 0 spiro atoms. The number of esters is 2. The molecule has 0 radical (unpaired) electrons. The van der Waals surface area contributed by atoms with E-state index in [1.165, 1.54) is 30.7 Å². The number of nitroso groups, excluding NO2 is 1. The van der Waals surface area contributed by atoms with Crippen LogP contribution in [0.5, 0.6) is 0 Å². The molecule has 2 N–H and O–H groups in total. The summed E-state index contributed by atoms with van der Waals surface area (Å²) in [5, 5.41) is 6.54. The molecule has 9 heteroatoms. The van der Waals surface area contributed by atoms with Crippen LogP contribution in [0.1, 0.15) is 98.8 Å². The second-order valence-corrected chi connectivity index (χ2v) is 9.95. The fourth-order valence-corrected chi connectivity index (χ4v) is 5.17. The SMILES string of the molecule is CCOC(=O)c1ccc(N(N)C2CCCCC2)cc1.CCOC(=O)c1ccc(N(N=O)C2CCCCC2)cc1. The van der Waals surface area contributed by atoms with E-state index in [2.05, 4.69) is 5.29 Å². The number of carbonyl (C=O) groups is 2. The Morgan fingerprint density at radius 2 is 1.13 bits per heavy atom. The number of rotatable bonds is 9. The molecule has 0 heterocycles. The van der Waals surface area contributed by atoms with E-state index < -0.39 is 0 Å². The van der Waals surface area contributed by atoms with E-state index in [4.69, 9.17) is 15.3 Å². The number of carbonyl (C=O) groups excluding carboxylic acids is 2. The smallest absolute Gasteiger partial charge is 0.338 e. The first kappa shape index (κ1) is 30.1. The van der Waals surface area contributed by atoms with Crippen LogP contribution in [0.25, 0.3) is 0 Å². The molecule has 2 saturated carbocycles. The van der Waals surface area contributed by atoms with E-state index in [9.17, 15) is 14.5 Å². The van der Waals surface area contributed by atoms with E-state index in [0.717, 1.165) is 49.9 Å². The molecule has 0 bridgehead atoms. The maximum absolute atomic E-state index is 11.6. The van der Waals surface area contributed by atoms with Gasteiger partial charge in [-0.05, 0) is 88.1 Å². The normalized spacial score (nSPS) is 15.9. The third-order valence-electron chi connectivity index (χ3n) is 7.30. The van der Waals surface area contributed by atoms with Crippen molar-refractivity contribution < 1.29 is 19.1 Å². The van der Waals surface area contributed by atoms with Gasteiger partial charge in [0, 0.05) is 6.04 Å². The van der Waals surface area contributed by atoms with E-state index in [0.29, 0.717) is 30.4 Å². The summed E-state index contributed by atoms with van der Waals surface area (Å²) in [6.07, 6.45) is 11.6. The van der Waals surface area contributed by atoms with Crippen molar-refractivity contribution in [2.75, 3.05) is 23.2 Å². The lowest BCUT2D eigenvalue weighted by atomic mass is 9.95. The van der Waals surface area contributed by atoms with Crippen molar-refractivity contribution in [3.8, 4) is 0 Å². The van der Waals surface area contributed by atoms with Gasteiger partial charge in [-0.15, -0.1) is 4.91 Å². The number of hydrogen-bond donors (Lipinski definition) is 1. The average Bonchev–Trinajstić information content (AvgIpc) is 2.99. The summed E-state index contributed by atoms with van der Waals surface area (Å²) in [6.45, 7) is 4.32. The largest absolute Gasteiger partial charge is 0.462 e. The number of anilines is 2. The quantitative estimate of drug-likeness (QED) is 0.165. The third kappa shape index (κ3) is 8.78. The Morgan fingerprint density at radius 1 is 0.718 bits per heavy atom. The van der Waals surface area contributed by atoms with Gasteiger partial charge in [0.2, 0.25) is 0 Å². The van der Waals surface area contributed by atoms with Gasteiger partial charge in [-0.1, -0.05) is 38.5 Å². The van der Waals surface area contributed by atoms with Gasteiger partial charge in [-0.25, -0.2) is 20.4 Å². The van der Waals surface area contributed by atoms with Gasteiger partial charge in [0.1, 0.15) is 0 Å². The van der Waals surface area contributed by atoms with Crippen LogP contribution in [-0.2, 0) is 9.47 Å². The van der Waals surface area contributed by atoms with Crippen LogP contribution in [0.15, 0.2) is 53.8 Å². The first-order valence-electron chi connectivity index (χ1n) is 14.2. The molecule has 2 fully saturated rings. The zero-order valence-corrected chi connectivity index (χ0v) is 23.2. The summed E-state index contributed by atoms with van der Waals surface area (Å²) in [5.74, 6) is 5.54. The standard InChI is InChI=1S/C15H20N2O3.C15H22N2O2/c1-2-20-15(18)12-8-10-14(11-9-12)17(16-19)13-6-4-3-5-7-13;1-2-19-15(18)12-8-10-14(11-9-12)17(16)13-6-4-3-5-7-13/h8-11,13H,2-7H2,1H3;8-11,13H,2-7,16H2,1H3. The predicted molar refractivity (Wildman–Crippen MR) is 153 cm³/mol. The topological polar surface area (TPSA) is 115 Å². The molecule has 2 aromatic rings. The Labute approximate surface area is 231 Å². The molecular weight excluding hydrogens is 496 g/mol. The zero-order chi connectivity index (χ0) is 28.0. The highest BCUT2D eigenvalue weighted by molar-refractivity contribution is 5.90. The summed E-state index contributed by atoms with van der Waals surface area (Å²) < 4.78 is 9.89. The van der Waals surface area contributed by atoms with E-state index in [-0.39, 0.29) is 18.0 Å². The minimum Gasteiger partial charge on any atom is -0.462 e. The minimum atomic E-state index is -0.345. The first-order chi connectivity index (χ1) is 19.0. The molecule has 212 valence electrons. The number of ether oxygens (including phenoxy) is 2. The predicted octanol–water partition coefficient (Wildman–Crippen LogP) is 6.56. The van der Waals surface area contributed by atoms with Crippen molar-refractivity contribution in [2.45, 2.75) is 90.1 Å². The Morgan fingerprint density at radius 3 is 1.54 bits per heavy atom. The van der Waals surface area contributed by atoms with Crippen LogP contribution in [0.2, 0.25) is 0 Å². The second kappa shape index (κ2) is 15.8. The highest BCUT2D eigenvalue weighted by atomic mass is 16.5. The molecule has 2 aliphatic carbocycles. The monoisotopic (exact) mass is 538 g/mol. The molecule has 9 nitrogen and oxygen atoms in total. The van der Waals surface area contributed by atoms with Crippen LogP contribution in [0, 0.1) is 4.91 Å². The van der Waals surface area contributed by atoms with Crippen molar-refractivity contribution >= 4 is 23.3 Å². The van der Waals surface area contributed by atoms with Crippen molar-refractivity contribution in [2.24, 2.45) is 11.1 Å². The fraction of sp³-hybridized carbons (Fsp3) is 0.533. The number of hydrogen-bond acceptors (Lipinski definition) is 8. The summed E-state index contributed by atoms with van der Waals surface area (Å²) in [7, 11) is 0. The van der Waals surface area contributed by atoms with Crippen LogP contribution in [0.3, 0.4) is 0 Å². The summed E-state index contributed by atoms with van der Waals surface area (Å²) in [6, 6.07) is 14.8. The van der Waals surface area contributed by atoms with Crippen molar-refractivity contribution in [1.82, 2.24) is 0 Å². The van der Waals surface area contributed by atoms with E-state index >= 15 is 0 Å². The highest BCUT2D eigenvalue weighted by Crippen LogP contribution is 2.28. The van der Waals surface area contributed by atoms with Crippen molar-refractivity contribution in [3.63, 3.8) is 0 Å². The maximum Gasteiger partial charge on any atom is 0.338 e. The summed E-state index contributed by atoms with van der Waals surface area (Å²) in [5.41, 5.74) is 2.76. The Hall–Kier alpha value is -3.46. The molecule has 2 aliphatic rings. The lowest BCUT2D eigenvalue weighted by molar-refractivity contribution is 0.0517.